The van der Waals surface area contributed by atoms with Crippen molar-refractivity contribution in [1.82, 2.24) is 14.7 Å². The van der Waals surface area contributed by atoms with Crippen LogP contribution in [-0.2, 0) is 63.1 Å². The lowest BCUT2D eigenvalue weighted by molar-refractivity contribution is -0.772. The Labute approximate surface area is 613 Å². The van der Waals surface area contributed by atoms with E-state index in [-0.39, 0.29) is 29.3 Å². The minimum Gasteiger partial charge on any atom is -0.401 e. The Kier molecular flexibility index (Phi) is 40.1. The molecule has 7 rings (SSSR count). The van der Waals surface area contributed by atoms with E-state index in [1.807, 2.05) is 80.6 Å². The highest BCUT2D eigenvalue weighted by Crippen LogP contribution is 2.50. The molecule has 0 unspecified atom stereocenters. The molecule has 8 radical (unpaired) electrons. The zero-order chi connectivity index (χ0) is 73.3. The van der Waals surface area contributed by atoms with Crippen LogP contribution < -0.4 is 31.8 Å². The van der Waals surface area contributed by atoms with Crippen LogP contribution in [0.2, 0.25) is 0 Å². The van der Waals surface area contributed by atoms with Gasteiger partial charge in [-0.3, -0.25) is 0 Å². The van der Waals surface area contributed by atoms with Crippen LogP contribution in [-0.4, -0.2) is 248 Å². The second-order valence-electron chi connectivity index (χ2n) is 27.3. The van der Waals surface area contributed by atoms with Gasteiger partial charge in [0.25, 0.3) is 0 Å². The van der Waals surface area contributed by atoms with Gasteiger partial charge in [-0.1, -0.05) is 147 Å². The number of likely N-dealkylation sites (N-methyl/N-ethyl adjacent to an activating group) is 7. The van der Waals surface area contributed by atoms with Gasteiger partial charge in [0.2, 0.25) is 0 Å². The highest BCUT2D eigenvalue weighted by atomic mass is 79.9. The average Bonchev–Trinajstić information content (AvgIpc) is 0.802. The molecule has 0 fully saturated rings. The second-order valence-corrected chi connectivity index (χ2v) is 34.3. The molecule has 0 amide bonds. The zero-order valence-corrected chi connectivity index (χ0v) is 66.0. The van der Waals surface area contributed by atoms with Gasteiger partial charge in [-0.15, -0.1) is 9.05 Å². The third-order valence-corrected chi connectivity index (χ3v) is 21.2. The van der Waals surface area contributed by atoms with Crippen LogP contribution in [0.1, 0.15) is 52.8 Å². The molecule has 0 spiro atoms. The van der Waals surface area contributed by atoms with Crippen molar-refractivity contribution in [2.75, 3.05) is 164 Å². The fraction of sp³-hybridized carbons (Fsp3) is 0.440. The maximum Gasteiger partial charge on any atom is 0.697 e. The summed E-state index contributed by atoms with van der Waals surface area (Å²) in [4.78, 5) is 6.54. The molecule has 0 atom stereocenters. The molecule has 98 heavy (non-hydrogen) atoms. The summed E-state index contributed by atoms with van der Waals surface area (Å²) in [5.74, 6) is 0. The monoisotopic (exact) mass is 1460 g/mol. The third-order valence-electron chi connectivity index (χ3n) is 14.9. The molecule has 12 nitrogen and oxygen atoms in total. The maximum absolute atomic E-state index is 12.7. The van der Waals surface area contributed by atoms with Gasteiger partial charge in [0.05, 0.1) is 36.8 Å². The van der Waals surface area contributed by atoms with E-state index in [0.29, 0.717) is 30.8 Å². The van der Waals surface area contributed by atoms with E-state index in [9.17, 15) is 14.2 Å². The van der Waals surface area contributed by atoms with Crippen molar-refractivity contribution in [1.29, 1.82) is 0 Å². The molecule has 1 N–H and O–H groups in total. The fourth-order valence-corrected chi connectivity index (χ4v) is 13.4. The first kappa shape index (κ1) is 88.3. The van der Waals surface area contributed by atoms with Crippen LogP contribution in [0.25, 0.3) is 0 Å². The van der Waals surface area contributed by atoms with E-state index >= 15 is 0 Å². The topological polar surface area (TPSA) is 82.6 Å². The van der Waals surface area contributed by atoms with Gasteiger partial charge in [-0.2, -0.15) is 0 Å². The van der Waals surface area contributed by atoms with Crippen molar-refractivity contribution < 1.29 is 40.9 Å². The molecule has 0 saturated carbocycles. The van der Waals surface area contributed by atoms with E-state index < -0.39 is 23.2 Å². The van der Waals surface area contributed by atoms with Crippen molar-refractivity contribution in [3.8, 4) is 0 Å². The summed E-state index contributed by atoms with van der Waals surface area (Å²) in [7, 11) is 48.1. The molecule has 7 aromatic rings. The van der Waals surface area contributed by atoms with Crippen molar-refractivity contribution >= 4 is 126 Å². The number of halogens is 1. The first-order chi connectivity index (χ1) is 45.9. The number of rotatable bonds is 32. The van der Waals surface area contributed by atoms with E-state index in [1.165, 1.54) is 60.2 Å². The lowest BCUT2D eigenvalue weighted by Crippen LogP contribution is -2.38. The zero-order valence-electron chi connectivity index (χ0n) is 60.9. The predicted molar refractivity (Wildman–Crippen MR) is 442 cm³/mol. The number of aliphatic hydroxyl groups is 1. The number of hydrogen-bond acceptors (Lipinski definition) is 8. The van der Waals surface area contributed by atoms with Gasteiger partial charge >= 0.3 is 48.0 Å². The fourth-order valence-electron chi connectivity index (χ4n) is 8.99. The number of quaternary nitrogens is 4. The standard InChI is InChI=1S/C21H34B3N2OP.C20H31B3N2P.C20H28N2OP.C10H14BrN.C4H10O3P/c1-25(2,22)15-13-18-5-9-20(10-6-18)28(24,17-27)21-11-7-19(8-12-21)14-16-26(3,4)23;1-24(2,21)15-13-17-5-9-19(10-6-17)26(23)20-11-7-18(8-12-20)14-16-25(3,4)22;1-21(2)15-13-17-5-9-19(10-6-17)24(23)20-11-7-18(8-12-20)14-16-22(3)4;1-12(2)8-7-9-3-5-10(11)6-4-9;1-3-6-8(5)7-4-2/h5-12,27H,13-17H2,1-4,24H3;5-12H,13-16H2,1-4,23H3;5-12H,13-16H2,1-4H3;3-6H,7-8H2,1-2H3;3-4H2,1-2H3/q+2;2*+1;;+1. The SMILES string of the molecule is CCO[P+](=O)OCC.CN(C)CCc1ccc(Br)cc1.CN(C)CCc1ccc([P+](=O)c2ccc(CCN(C)C)cc2)cc1.[B][N+](C)(C)CCc1ccc(P([BH3-])c2ccc(CC[N+]([B])(C)C)cc2)cc1.[B][N+](C)(C)CCc1ccc([P+]([BH3-])(CO)c2ccc(CC[N+]([B])(C)C)cc2)cc1. The average molecular weight is 1470 g/mol. The Morgan fingerprint density at radius 2 is 0.663 bits per heavy atom. The highest BCUT2D eigenvalue weighted by Gasteiger charge is 2.30. The van der Waals surface area contributed by atoms with Gasteiger partial charge in [-0.05, 0) is 183 Å². The van der Waals surface area contributed by atoms with E-state index in [4.69, 9.17) is 31.9 Å². The van der Waals surface area contributed by atoms with Gasteiger partial charge in [0.1, 0.15) is 27.1 Å². The molecular weight excluding hydrogens is 1350 g/mol. The van der Waals surface area contributed by atoms with Crippen molar-refractivity contribution in [3.63, 3.8) is 0 Å². The Balaban J connectivity index is 0.000000336. The molecular formula is C75H117B6BrN7O5P4+5. The molecule has 0 aromatic heterocycles. The Hall–Kier alpha value is -3.93. The summed E-state index contributed by atoms with van der Waals surface area (Å²) in [6.07, 6.45) is 7.44. The van der Waals surface area contributed by atoms with Crippen LogP contribution in [0.4, 0.5) is 0 Å². The molecule has 0 heterocycles. The predicted octanol–water partition coefficient (Wildman–Crippen LogP) is 8.04. The molecule has 7 aromatic carbocycles. The second kappa shape index (κ2) is 44.6. The van der Waals surface area contributed by atoms with Crippen LogP contribution in [0, 0.1) is 0 Å². The van der Waals surface area contributed by atoms with E-state index in [1.54, 1.807) is 13.8 Å². The summed E-state index contributed by atoms with van der Waals surface area (Å²) in [5.41, 5.74) is 9.35. The molecule has 0 aliphatic heterocycles. The Bertz CT molecular complexity index is 3170. The largest absolute Gasteiger partial charge is 0.697 e. The molecule has 23 heteroatoms. The van der Waals surface area contributed by atoms with E-state index in [2.05, 4.69) is 228 Å². The smallest absolute Gasteiger partial charge is 0.401 e. The molecule has 0 bridgehead atoms. The van der Waals surface area contributed by atoms with Crippen LogP contribution in [0.3, 0.4) is 0 Å². The van der Waals surface area contributed by atoms with Crippen molar-refractivity contribution in [3.05, 3.63) is 213 Å². The molecule has 0 aliphatic rings. The quantitative estimate of drug-likeness (QED) is 0.0336. The molecule has 0 saturated heterocycles. The number of aliphatic hydroxyl groups excluding tert-OH is 1. The summed E-state index contributed by atoms with van der Waals surface area (Å²) in [5, 5.41) is 17.9. The van der Waals surface area contributed by atoms with Gasteiger partial charge in [0.15, 0.2) is 10.6 Å². The first-order valence-electron chi connectivity index (χ1n) is 33.1. The van der Waals surface area contributed by atoms with Crippen molar-refractivity contribution in [2.45, 2.75) is 58.8 Å². The molecule has 0 aliphatic carbocycles. The van der Waals surface area contributed by atoms with Crippen LogP contribution in [0.15, 0.2) is 174 Å². The summed E-state index contributed by atoms with van der Waals surface area (Å²) >= 11 is 3.42. The minimum atomic E-state index is -1.83. The maximum atomic E-state index is 12.7. The number of nitrogens with zero attached hydrogens (tertiary/aromatic N) is 7. The van der Waals surface area contributed by atoms with E-state index in [0.717, 1.165) is 106 Å². The normalized spacial score (nSPS) is 11.8. The summed E-state index contributed by atoms with van der Waals surface area (Å²) in [6.45, 7) is 11.3. The lowest BCUT2D eigenvalue weighted by Gasteiger charge is -2.28. The first-order valence-corrected chi connectivity index (χ1v) is 38.7. The highest BCUT2D eigenvalue weighted by molar-refractivity contribution is 9.10. The number of benzene rings is 7. The van der Waals surface area contributed by atoms with Gasteiger partial charge < -0.3 is 37.4 Å². The minimum absolute atomic E-state index is 0.0630. The van der Waals surface area contributed by atoms with Crippen molar-refractivity contribution in [2.24, 2.45) is 0 Å². The Morgan fingerprint density at radius 1 is 0.429 bits per heavy atom. The van der Waals surface area contributed by atoms with Gasteiger partial charge in [-0.25, -0.2) is 7.80 Å². The van der Waals surface area contributed by atoms with Crippen LogP contribution >= 0.6 is 46.9 Å². The lowest BCUT2D eigenvalue weighted by atomic mass is 10.1. The summed E-state index contributed by atoms with van der Waals surface area (Å²) in [6, 6.07) is 61.2. The van der Waals surface area contributed by atoms with Gasteiger partial charge in [0, 0.05) is 111 Å². The van der Waals surface area contributed by atoms with Crippen LogP contribution in [0.5, 0.6) is 0 Å². The Morgan fingerprint density at radius 3 is 0.898 bits per heavy atom. The summed E-state index contributed by atoms with van der Waals surface area (Å²) < 4.78 is 35.4. The third kappa shape index (κ3) is 37.8. The molecule has 522 valence electrons. The number of hydrogen-bond donors (Lipinski definition) is 1.